The highest BCUT2D eigenvalue weighted by atomic mass is 32.2. The van der Waals surface area contributed by atoms with E-state index in [9.17, 15) is 10.1 Å². The van der Waals surface area contributed by atoms with Crippen molar-refractivity contribution < 1.29 is 4.92 Å². The van der Waals surface area contributed by atoms with Crippen LogP contribution in [0.15, 0.2) is 84.2 Å². The highest BCUT2D eigenvalue weighted by Gasteiger charge is 2.16. The second-order valence-electron chi connectivity index (χ2n) is 4.77. The molecule has 0 bridgehead atoms. The zero-order valence-electron chi connectivity index (χ0n) is 12.9. The van der Waals surface area contributed by atoms with E-state index in [1.807, 2.05) is 30.4 Å². The van der Waals surface area contributed by atoms with Gasteiger partial charge in [0.15, 0.2) is 0 Å². The minimum absolute atomic E-state index is 0.107. The molecule has 0 fully saturated rings. The summed E-state index contributed by atoms with van der Waals surface area (Å²) in [4.78, 5) is 11.4. The lowest BCUT2D eigenvalue weighted by molar-refractivity contribution is -0.384. The summed E-state index contributed by atoms with van der Waals surface area (Å²) in [6.45, 7) is 0. The molecule has 0 aromatic heterocycles. The van der Waals surface area contributed by atoms with Gasteiger partial charge in [0.05, 0.1) is 13.4 Å². The average molecular weight is 404 g/mol. The number of hydrogen-bond donors (Lipinski definition) is 0. The molecule has 126 valence electrons. The van der Waals surface area contributed by atoms with Crippen LogP contribution in [0.2, 0.25) is 0 Å². The molecule has 2 aliphatic rings. The Labute approximate surface area is 163 Å². The molecule has 7 heteroatoms. The number of allylic oxidation sites excluding steroid dienone is 5. The van der Waals surface area contributed by atoms with Crippen LogP contribution in [0.5, 0.6) is 0 Å². The Bertz CT molecular complexity index is 823. The first-order chi connectivity index (χ1) is 12.2. The van der Waals surface area contributed by atoms with Crippen LogP contribution in [-0.2, 0) is 0 Å². The summed E-state index contributed by atoms with van der Waals surface area (Å²) in [6, 6.07) is 6.48. The first-order valence-corrected chi connectivity index (χ1v) is 10.7. The molecule has 2 heterocycles. The lowest BCUT2D eigenvalue weighted by Gasteiger charge is -1.99. The maximum Gasteiger partial charge on any atom is 0.269 e. The molecule has 2 aliphatic heterocycles. The minimum Gasteiger partial charge on any atom is -0.258 e. The maximum atomic E-state index is 10.6. The smallest absolute Gasteiger partial charge is 0.258 e. The van der Waals surface area contributed by atoms with Crippen molar-refractivity contribution in [3.8, 4) is 0 Å². The van der Waals surface area contributed by atoms with Crippen LogP contribution in [-0.4, -0.2) is 4.92 Å². The normalized spacial score (nSPS) is 17.5. The van der Waals surface area contributed by atoms with Gasteiger partial charge in [0.1, 0.15) is 0 Å². The summed E-state index contributed by atoms with van der Waals surface area (Å²) in [5.41, 5.74) is 1.04. The Morgan fingerprint density at radius 2 is 1.52 bits per heavy atom. The van der Waals surface area contributed by atoms with E-state index < -0.39 is 4.92 Å². The van der Waals surface area contributed by atoms with Gasteiger partial charge in [-0.1, -0.05) is 77.4 Å². The number of nitro groups is 1. The van der Waals surface area contributed by atoms with E-state index in [2.05, 4.69) is 22.3 Å². The summed E-state index contributed by atoms with van der Waals surface area (Å²) in [5.74, 6) is 0. The molecule has 0 amide bonds. The number of thioether (sulfide) groups is 4. The van der Waals surface area contributed by atoms with Crippen LogP contribution in [0.25, 0.3) is 6.08 Å². The van der Waals surface area contributed by atoms with Crippen molar-refractivity contribution in [3.05, 3.63) is 99.9 Å². The minimum atomic E-state index is -0.395. The van der Waals surface area contributed by atoms with E-state index in [4.69, 9.17) is 0 Å². The van der Waals surface area contributed by atoms with Crippen LogP contribution in [0.1, 0.15) is 5.56 Å². The molecule has 1 aromatic rings. The zero-order chi connectivity index (χ0) is 17.5. The Hall–Kier alpha value is -1.54. The predicted molar refractivity (Wildman–Crippen MR) is 115 cm³/mol. The van der Waals surface area contributed by atoms with Gasteiger partial charge in [-0.3, -0.25) is 10.1 Å². The van der Waals surface area contributed by atoms with Crippen molar-refractivity contribution in [2.45, 2.75) is 0 Å². The third-order valence-electron chi connectivity index (χ3n) is 3.05. The SMILES string of the molecule is O=[N+]([O-])c1ccc(/C=C/C=C/C=C/C2=CSC(=C3SC=CS3)S2)cc1. The second-order valence-corrected chi connectivity index (χ2v) is 9.09. The highest BCUT2D eigenvalue weighted by Crippen LogP contribution is 2.53. The summed E-state index contributed by atoms with van der Waals surface area (Å²) in [5, 5.41) is 17.0. The lowest BCUT2D eigenvalue weighted by Crippen LogP contribution is -1.86. The Morgan fingerprint density at radius 3 is 2.20 bits per heavy atom. The van der Waals surface area contributed by atoms with Gasteiger partial charge in [0.2, 0.25) is 0 Å². The Balaban J connectivity index is 1.47. The van der Waals surface area contributed by atoms with E-state index in [0.717, 1.165) is 5.56 Å². The molecule has 0 unspecified atom stereocenters. The largest absolute Gasteiger partial charge is 0.269 e. The Kier molecular flexibility index (Phi) is 6.75. The Morgan fingerprint density at radius 1 is 0.840 bits per heavy atom. The second kappa shape index (κ2) is 9.24. The van der Waals surface area contributed by atoms with E-state index in [-0.39, 0.29) is 5.69 Å². The van der Waals surface area contributed by atoms with Gasteiger partial charge in [-0.05, 0) is 40.0 Å². The topological polar surface area (TPSA) is 43.1 Å². The van der Waals surface area contributed by atoms with Crippen molar-refractivity contribution >= 4 is 58.8 Å². The average Bonchev–Trinajstić information content (AvgIpc) is 3.29. The van der Waals surface area contributed by atoms with Crippen molar-refractivity contribution in [2.75, 3.05) is 0 Å². The van der Waals surface area contributed by atoms with Crippen molar-refractivity contribution in [3.63, 3.8) is 0 Å². The van der Waals surface area contributed by atoms with Crippen LogP contribution >= 0.6 is 47.0 Å². The molecule has 0 saturated heterocycles. The van der Waals surface area contributed by atoms with E-state index in [1.54, 1.807) is 59.2 Å². The predicted octanol–water partition coefficient (Wildman–Crippen LogP) is 7.12. The number of rotatable bonds is 5. The van der Waals surface area contributed by atoms with Gasteiger partial charge in [0, 0.05) is 17.0 Å². The first kappa shape index (κ1) is 18.3. The van der Waals surface area contributed by atoms with E-state index in [0.29, 0.717) is 0 Å². The van der Waals surface area contributed by atoms with Crippen molar-refractivity contribution in [1.82, 2.24) is 0 Å². The van der Waals surface area contributed by atoms with Crippen LogP contribution in [0.4, 0.5) is 5.69 Å². The van der Waals surface area contributed by atoms with Crippen molar-refractivity contribution in [2.24, 2.45) is 0 Å². The van der Waals surface area contributed by atoms with E-state index in [1.165, 1.54) is 25.5 Å². The maximum absolute atomic E-state index is 10.6. The molecule has 0 atom stereocenters. The standard InChI is InChI=1S/C18H13NO2S4/c20-19(21)15-9-7-14(8-10-15)5-3-1-2-4-6-16-13-24-18(25-16)17-22-11-12-23-17/h1-13H/b2-1+,5-3+,6-4+. The molecule has 0 N–H and O–H groups in total. The number of hydrogen-bond acceptors (Lipinski definition) is 6. The summed E-state index contributed by atoms with van der Waals surface area (Å²) < 4.78 is 2.71. The third-order valence-corrected chi connectivity index (χ3v) is 8.06. The number of non-ortho nitro benzene ring substituents is 1. The van der Waals surface area contributed by atoms with Gasteiger partial charge in [-0.15, -0.1) is 0 Å². The fraction of sp³-hybridized carbons (Fsp3) is 0. The molecule has 3 nitrogen and oxygen atoms in total. The van der Waals surface area contributed by atoms with Crippen LogP contribution < -0.4 is 0 Å². The molecule has 0 spiro atoms. The fourth-order valence-electron chi connectivity index (χ4n) is 1.89. The molecule has 0 radical (unpaired) electrons. The monoisotopic (exact) mass is 403 g/mol. The van der Waals surface area contributed by atoms with Gasteiger partial charge >= 0.3 is 0 Å². The summed E-state index contributed by atoms with van der Waals surface area (Å²) in [6.07, 6.45) is 11.9. The fourth-order valence-corrected chi connectivity index (χ4v) is 6.25. The molecular weight excluding hydrogens is 390 g/mol. The quantitative estimate of drug-likeness (QED) is 0.296. The summed E-state index contributed by atoms with van der Waals surface area (Å²) in [7, 11) is 0. The van der Waals surface area contributed by atoms with E-state index >= 15 is 0 Å². The van der Waals surface area contributed by atoms with Crippen LogP contribution in [0, 0.1) is 10.1 Å². The summed E-state index contributed by atoms with van der Waals surface area (Å²) >= 11 is 7.14. The van der Waals surface area contributed by atoms with Crippen molar-refractivity contribution in [1.29, 1.82) is 0 Å². The number of nitrogens with zero attached hydrogens (tertiary/aromatic N) is 1. The third kappa shape index (κ3) is 5.47. The molecule has 0 aliphatic carbocycles. The van der Waals surface area contributed by atoms with Gasteiger partial charge in [-0.2, -0.15) is 0 Å². The molecule has 1 aromatic carbocycles. The number of benzene rings is 1. The zero-order valence-corrected chi connectivity index (χ0v) is 16.2. The molecule has 3 rings (SSSR count). The van der Waals surface area contributed by atoms with Crippen LogP contribution in [0.3, 0.4) is 0 Å². The molecular formula is C18H13NO2S4. The highest BCUT2D eigenvalue weighted by molar-refractivity contribution is 8.33. The van der Waals surface area contributed by atoms with Gasteiger partial charge in [-0.25, -0.2) is 0 Å². The van der Waals surface area contributed by atoms with Gasteiger partial charge in [0.25, 0.3) is 5.69 Å². The first-order valence-electron chi connectivity index (χ1n) is 7.25. The molecule has 25 heavy (non-hydrogen) atoms. The van der Waals surface area contributed by atoms with Gasteiger partial charge < -0.3 is 0 Å². The molecule has 0 saturated carbocycles. The number of nitro benzene ring substituents is 1. The lowest BCUT2D eigenvalue weighted by atomic mass is 10.2.